The molecule has 142 valence electrons. The van der Waals surface area contributed by atoms with Crippen LogP contribution in [0.3, 0.4) is 0 Å². The highest BCUT2D eigenvalue weighted by Gasteiger charge is 2.34. The van der Waals surface area contributed by atoms with Crippen LogP contribution >= 0.6 is 0 Å². The first kappa shape index (κ1) is 19.2. The minimum absolute atomic E-state index is 0.0578. The number of carboxylic acid groups (broad SMARTS) is 1. The van der Waals surface area contributed by atoms with Gasteiger partial charge in [-0.15, -0.1) is 0 Å². The number of Topliss-reactive ketones (excluding diaryl/α,β-unsaturated/α-hetero) is 1. The van der Waals surface area contributed by atoms with Gasteiger partial charge in [-0.05, 0) is 29.7 Å². The van der Waals surface area contributed by atoms with Gasteiger partial charge in [-0.25, -0.2) is 4.79 Å². The van der Waals surface area contributed by atoms with E-state index in [9.17, 15) is 32.7 Å². The van der Waals surface area contributed by atoms with Gasteiger partial charge in [0.2, 0.25) is 24.0 Å². The Hall–Kier alpha value is -3.55. The van der Waals surface area contributed by atoms with Gasteiger partial charge < -0.3 is 5.11 Å². The van der Waals surface area contributed by atoms with Crippen LogP contribution in [0.15, 0.2) is 54.2 Å². The van der Waals surface area contributed by atoms with Gasteiger partial charge in [-0.2, -0.15) is 17.7 Å². The van der Waals surface area contributed by atoms with Crippen molar-refractivity contribution >= 4 is 29.9 Å². The van der Waals surface area contributed by atoms with Crippen molar-refractivity contribution in [3.8, 4) is 0 Å². The third-order valence-corrected chi connectivity index (χ3v) is 4.21. The fourth-order valence-corrected chi connectivity index (χ4v) is 2.95. The lowest BCUT2D eigenvalue weighted by Gasteiger charge is -2.13. The molecule has 0 unspecified atom stereocenters. The van der Waals surface area contributed by atoms with Crippen molar-refractivity contribution in [1.82, 2.24) is 0 Å². The number of carbonyl (C=O) groups is 3. The summed E-state index contributed by atoms with van der Waals surface area (Å²) in [6.07, 6.45) is -1.77. The third-order valence-electron chi connectivity index (χ3n) is 4.21. The van der Waals surface area contributed by atoms with Crippen LogP contribution in [0.5, 0.6) is 0 Å². The molecule has 28 heavy (non-hydrogen) atoms. The highest BCUT2D eigenvalue weighted by molar-refractivity contribution is 6.26. The lowest BCUT2D eigenvalue weighted by atomic mass is 9.94. The molecular weight excluding hydrogens is 375 g/mol. The summed E-state index contributed by atoms with van der Waals surface area (Å²) in [4.78, 5) is 34.6. The predicted octanol–water partition coefficient (Wildman–Crippen LogP) is 3.37. The summed E-state index contributed by atoms with van der Waals surface area (Å²) in [5.41, 5.74) is 0.00791. The maximum Gasteiger partial charge on any atom is 0.416 e. The Balaban J connectivity index is 2.01. The van der Waals surface area contributed by atoms with E-state index in [1.165, 1.54) is 28.8 Å². The Labute approximate surface area is 157 Å². The number of ketones is 1. The zero-order valence-corrected chi connectivity index (χ0v) is 14.2. The van der Waals surface area contributed by atoms with Crippen LogP contribution in [0.1, 0.15) is 27.0 Å². The molecule has 0 aromatic heterocycles. The van der Waals surface area contributed by atoms with E-state index in [2.05, 4.69) is 0 Å². The topological polar surface area (TPSA) is 74.4 Å². The molecule has 1 aliphatic heterocycles. The van der Waals surface area contributed by atoms with Crippen LogP contribution in [0.2, 0.25) is 0 Å². The Morgan fingerprint density at radius 2 is 1.82 bits per heavy atom. The number of rotatable bonds is 4. The van der Waals surface area contributed by atoms with Gasteiger partial charge in [0.05, 0.1) is 11.1 Å². The molecule has 0 saturated heterocycles. The molecule has 1 N–H and O–H groups in total. The molecule has 0 bridgehead atoms. The number of benzene rings is 2. The fourth-order valence-electron chi connectivity index (χ4n) is 2.95. The summed E-state index contributed by atoms with van der Waals surface area (Å²) in [5, 5.41) is 9.21. The average molecular weight is 388 g/mol. The first-order chi connectivity index (χ1) is 13.2. The van der Waals surface area contributed by atoms with Gasteiger partial charge in [-0.1, -0.05) is 24.3 Å². The number of carboxylic acids is 1. The summed E-state index contributed by atoms with van der Waals surface area (Å²) >= 11 is 0. The zero-order valence-electron chi connectivity index (χ0n) is 14.2. The SMILES string of the molecule is O=CC=[N+]1C=C(C(=O)O)C(=O)c2cc(Cc3cccc(C(F)(F)F)c3)ccc21. The molecular formula is C20H13F3NO4+. The molecule has 2 aromatic carbocycles. The first-order valence-corrected chi connectivity index (χ1v) is 8.06. The second-order valence-corrected chi connectivity index (χ2v) is 6.10. The van der Waals surface area contributed by atoms with Gasteiger partial charge in [0.25, 0.3) is 0 Å². The third kappa shape index (κ3) is 3.75. The highest BCUT2D eigenvalue weighted by atomic mass is 19.4. The second-order valence-electron chi connectivity index (χ2n) is 6.10. The molecule has 3 rings (SSSR count). The van der Waals surface area contributed by atoms with Crippen molar-refractivity contribution < 1.29 is 37.2 Å². The Bertz CT molecular complexity index is 1050. The van der Waals surface area contributed by atoms with Gasteiger partial charge >= 0.3 is 12.1 Å². The van der Waals surface area contributed by atoms with E-state index in [1.807, 2.05) is 0 Å². The summed E-state index contributed by atoms with van der Waals surface area (Å²) in [5.74, 6) is -2.17. The minimum atomic E-state index is -4.46. The number of aldehydes is 1. The zero-order chi connectivity index (χ0) is 20.5. The molecule has 0 fully saturated rings. The molecule has 2 aromatic rings. The van der Waals surface area contributed by atoms with Gasteiger partial charge in [0, 0.05) is 6.07 Å². The van der Waals surface area contributed by atoms with E-state index < -0.39 is 29.1 Å². The number of alkyl halides is 3. The van der Waals surface area contributed by atoms with E-state index >= 15 is 0 Å². The van der Waals surface area contributed by atoms with E-state index in [1.54, 1.807) is 6.07 Å². The summed E-state index contributed by atoms with van der Waals surface area (Å²) in [7, 11) is 0. The molecule has 0 amide bonds. The summed E-state index contributed by atoms with van der Waals surface area (Å²) in [6.45, 7) is 0. The average Bonchev–Trinajstić information content (AvgIpc) is 2.63. The molecule has 0 saturated carbocycles. The van der Waals surface area contributed by atoms with E-state index in [4.69, 9.17) is 0 Å². The number of nitrogens with zero attached hydrogens (tertiary/aromatic N) is 1. The number of halogens is 3. The number of carbonyl (C=O) groups excluding carboxylic acids is 2. The summed E-state index contributed by atoms with van der Waals surface area (Å²) in [6, 6.07) is 9.38. The summed E-state index contributed by atoms with van der Waals surface area (Å²) < 4.78 is 39.8. The van der Waals surface area contributed by atoms with Gasteiger partial charge in [-0.3, -0.25) is 9.59 Å². The van der Waals surface area contributed by atoms with Crippen LogP contribution in [0.25, 0.3) is 0 Å². The number of hydrogen-bond donors (Lipinski definition) is 1. The van der Waals surface area contributed by atoms with Crippen molar-refractivity contribution in [2.24, 2.45) is 0 Å². The molecule has 8 heteroatoms. The lowest BCUT2D eigenvalue weighted by molar-refractivity contribution is -0.355. The minimum Gasteiger partial charge on any atom is -0.477 e. The monoisotopic (exact) mass is 388 g/mol. The predicted molar refractivity (Wildman–Crippen MR) is 92.8 cm³/mol. The largest absolute Gasteiger partial charge is 0.477 e. The maximum atomic E-state index is 12.9. The number of aliphatic carboxylic acids is 1. The molecule has 5 nitrogen and oxygen atoms in total. The van der Waals surface area contributed by atoms with Crippen LogP contribution in [-0.2, 0) is 22.2 Å². The lowest BCUT2D eigenvalue weighted by Crippen LogP contribution is -2.22. The van der Waals surface area contributed by atoms with Crippen molar-refractivity contribution in [1.29, 1.82) is 0 Å². The van der Waals surface area contributed by atoms with Crippen molar-refractivity contribution in [2.45, 2.75) is 12.6 Å². The van der Waals surface area contributed by atoms with Crippen LogP contribution in [0.4, 0.5) is 18.9 Å². The number of hydrogen-bond acceptors (Lipinski definition) is 3. The molecule has 0 atom stereocenters. The highest BCUT2D eigenvalue weighted by Crippen LogP contribution is 2.31. The van der Waals surface area contributed by atoms with Crippen molar-refractivity contribution in [2.75, 3.05) is 0 Å². The normalized spacial score (nSPS) is 15.2. The van der Waals surface area contributed by atoms with E-state index in [0.29, 0.717) is 23.1 Å². The quantitative estimate of drug-likeness (QED) is 0.495. The van der Waals surface area contributed by atoms with E-state index in [0.717, 1.165) is 24.5 Å². The van der Waals surface area contributed by atoms with Crippen LogP contribution in [0, 0.1) is 0 Å². The van der Waals surface area contributed by atoms with Gasteiger partial charge in [0.1, 0.15) is 0 Å². The Morgan fingerprint density at radius 1 is 1.11 bits per heavy atom. The van der Waals surface area contributed by atoms with Crippen LogP contribution in [-0.4, -0.2) is 33.9 Å². The van der Waals surface area contributed by atoms with Crippen LogP contribution < -0.4 is 0 Å². The smallest absolute Gasteiger partial charge is 0.416 e. The maximum absolute atomic E-state index is 12.9. The van der Waals surface area contributed by atoms with Crippen molar-refractivity contribution in [3.63, 3.8) is 0 Å². The standard InChI is InChI=1S/C20H12F3NO4/c21-20(22,23)14-3-1-2-12(9-14)8-13-4-5-17-15(10-13)18(26)16(19(27)28)11-24(17)6-7-25/h1-7,9-11H,8H2/p+1. The Kier molecular flexibility index (Phi) is 4.96. The molecule has 1 heterocycles. The van der Waals surface area contributed by atoms with E-state index in [-0.39, 0.29) is 12.0 Å². The first-order valence-electron chi connectivity index (χ1n) is 8.06. The molecule has 0 spiro atoms. The van der Waals surface area contributed by atoms with Gasteiger partial charge in [0.15, 0.2) is 11.8 Å². The van der Waals surface area contributed by atoms with Crippen molar-refractivity contribution in [3.05, 3.63) is 76.5 Å². The fraction of sp³-hybridized carbons (Fsp3) is 0.100. The second kappa shape index (κ2) is 7.22. The number of fused-ring (bicyclic) bond motifs is 1. The Morgan fingerprint density at radius 3 is 2.46 bits per heavy atom. The molecule has 0 radical (unpaired) electrons. The molecule has 1 aliphatic rings. The molecule has 0 aliphatic carbocycles.